The second kappa shape index (κ2) is 6.51. The molecule has 0 bridgehead atoms. The summed E-state index contributed by atoms with van der Waals surface area (Å²) in [6.07, 6.45) is 0.0840. The second-order valence-electron chi connectivity index (χ2n) is 4.69. The van der Waals surface area contributed by atoms with Crippen LogP contribution in [0.15, 0.2) is 23.1 Å². The minimum absolute atomic E-state index is 0.0464. The van der Waals surface area contributed by atoms with Crippen molar-refractivity contribution in [3.05, 3.63) is 29.0 Å². The average molecular weight is 324 g/mol. The maximum atomic E-state index is 13.6. The maximum Gasteiger partial charge on any atom is 0.321 e. The van der Waals surface area contributed by atoms with Gasteiger partial charge in [0.25, 0.3) is 0 Å². The van der Waals surface area contributed by atoms with Gasteiger partial charge in [0.05, 0.1) is 5.02 Å². The van der Waals surface area contributed by atoms with Gasteiger partial charge in [-0.05, 0) is 24.5 Å². The lowest BCUT2D eigenvalue weighted by atomic mass is 10.1. The molecule has 1 atom stereocenters. The number of sulfonamides is 1. The molecule has 0 unspecified atom stereocenters. The van der Waals surface area contributed by atoms with E-state index in [9.17, 15) is 17.6 Å². The minimum Gasteiger partial charge on any atom is -0.480 e. The van der Waals surface area contributed by atoms with E-state index in [-0.39, 0.29) is 17.4 Å². The second-order valence-corrected chi connectivity index (χ2v) is 6.75. The lowest BCUT2D eigenvalue weighted by Crippen LogP contribution is -2.41. The number of halogens is 2. The molecular weight excluding hydrogens is 309 g/mol. The molecule has 0 amide bonds. The van der Waals surface area contributed by atoms with Crippen LogP contribution < -0.4 is 4.72 Å². The van der Waals surface area contributed by atoms with Crippen LogP contribution in [0, 0.1) is 11.7 Å². The predicted octanol–water partition coefficient (Wildman–Crippen LogP) is 2.26. The van der Waals surface area contributed by atoms with E-state index in [0.29, 0.717) is 0 Å². The molecule has 0 aromatic heterocycles. The van der Waals surface area contributed by atoms with Gasteiger partial charge < -0.3 is 5.11 Å². The molecule has 5 nitrogen and oxygen atoms in total. The summed E-state index contributed by atoms with van der Waals surface area (Å²) >= 11 is 5.68. The van der Waals surface area contributed by atoms with Crippen molar-refractivity contribution in [2.45, 2.75) is 31.2 Å². The van der Waals surface area contributed by atoms with Gasteiger partial charge in [0.1, 0.15) is 16.8 Å². The third-order valence-electron chi connectivity index (χ3n) is 2.49. The highest BCUT2D eigenvalue weighted by atomic mass is 35.5. The molecule has 0 aliphatic carbocycles. The van der Waals surface area contributed by atoms with Gasteiger partial charge >= 0.3 is 5.97 Å². The number of nitrogens with one attached hydrogen (secondary N) is 1. The van der Waals surface area contributed by atoms with Gasteiger partial charge in [0.2, 0.25) is 10.0 Å². The lowest BCUT2D eigenvalue weighted by molar-refractivity contribution is -0.139. The summed E-state index contributed by atoms with van der Waals surface area (Å²) in [5.41, 5.74) is 0. The van der Waals surface area contributed by atoms with Crippen LogP contribution >= 0.6 is 11.6 Å². The molecule has 0 aliphatic heterocycles. The highest BCUT2D eigenvalue weighted by Crippen LogP contribution is 2.24. The van der Waals surface area contributed by atoms with Crippen LogP contribution in [-0.4, -0.2) is 25.5 Å². The molecule has 0 spiro atoms. The van der Waals surface area contributed by atoms with Crippen LogP contribution in [0.1, 0.15) is 20.3 Å². The SMILES string of the molecule is CC(C)C[C@@H](NS(=O)(=O)c1c(F)cccc1Cl)C(=O)O. The normalized spacial score (nSPS) is 13.4. The molecule has 1 aromatic rings. The Bertz CT molecular complexity index is 583. The molecule has 0 saturated heterocycles. The fourth-order valence-electron chi connectivity index (χ4n) is 1.66. The standard InChI is InChI=1S/C12H15ClFNO4S/c1-7(2)6-10(12(16)17)15-20(18,19)11-8(13)4-3-5-9(11)14/h3-5,7,10,15H,6H2,1-2H3,(H,16,17)/t10-/m1/s1. The lowest BCUT2D eigenvalue weighted by Gasteiger charge is -2.17. The van der Waals surface area contributed by atoms with Gasteiger partial charge in [-0.25, -0.2) is 12.8 Å². The summed E-state index contributed by atoms with van der Waals surface area (Å²) in [5.74, 6) is -2.40. The fraction of sp³-hybridized carbons (Fsp3) is 0.417. The number of carboxylic acids is 1. The van der Waals surface area contributed by atoms with Crippen LogP contribution in [0.2, 0.25) is 5.02 Å². The molecule has 1 aromatic carbocycles. The quantitative estimate of drug-likeness (QED) is 0.841. The van der Waals surface area contributed by atoms with Crippen LogP contribution in [0.25, 0.3) is 0 Å². The first kappa shape index (κ1) is 16.9. The first-order valence-corrected chi connectivity index (χ1v) is 7.70. The number of benzene rings is 1. The Morgan fingerprint density at radius 1 is 1.45 bits per heavy atom. The molecule has 0 saturated carbocycles. The Kier molecular flexibility index (Phi) is 5.50. The van der Waals surface area contributed by atoms with E-state index in [1.54, 1.807) is 13.8 Å². The Morgan fingerprint density at radius 2 is 2.05 bits per heavy atom. The minimum atomic E-state index is -4.35. The third kappa shape index (κ3) is 4.16. The van der Waals surface area contributed by atoms with Crippen LogP contribution in [0.4, 0.5) is 4.39 Å². The molecule has 0 heterocycles. The van der Waals surface area contributed by atoms with Crippen molar-refractivity contribution in [3.63, 3.8) is 0 Å². The van der Waals surface area contributed by atoms with E-state index in [1.807, 2.05) is 4.72 Å². The monoisotopic (exact) mass is 323 g/mol. The number of rotatable bonds is 6. The number of carboxylic acid groups (broad SMARTS) is 1. The zero-order chi connectivity index (χ0) is 15.5. The van der Waals surface area contributed by atoms with Gasteiger partial charge in [-0.1, -0.05) is 31.5 Å². The van der Waals surface area contributed by atoms with E-state index in [2.05, 4.69) is 0 Å². The van der Waals surface area contributed by atoms with Crippen molar-refractivity contribution < 1.29 is 22.7 Å². The Morgan fingerprint density at radius 3 is 2.50 bits per heavy atom. The van der Waals surface area contributed by atoms with E-state index in [1.165, 1.54) is 12.1 Å². The van der Waals surface area contributed by atoms with Crippen LogP contribution in [-0.2, 0) is 14.8 Å². The van der Waals surface area contributed by atoms with Gasteiger partial charge in [-0.2, -0.15) is 4.72 Å². The highest BCUT2D eigenvalue weighted by molar-refractivity contribution is 7.89. The summed E-state index contributed by atoms with van der Waals surface area (Å²) in [4.78, 5) is 10.3. The predicted molar refractivity (Wildman–Crippen MR) is 72.6 cm³/mol. The fourth-order valence-corrected chi connectivity index (χ4v) is 3.46. The largest absolute Gasteiger partial charge is 0.480 e. The summed E-state index contributed by atoms with van der Waals surface area (Å²) in [7, 11) is -4.35. The van der Waals surface area contributed by atoms with Crippen LogP contribution in [0.3, 0.4) is 0 Å². The first-order valence-electron chi connectivity index (χ1n) is 5.84. The van der Waals surface area contributed by atoms with Crippen LogP contribution in [0.5, 0.6) is 0 Å². The van der Waals surface area contributed by atoms with Crippen molar-refractivity contribution in [2.24, 2.45) is 5.92 Å². The molecule has 0 radical (unpaired) electrons. The summed E-state index contributed by atoms with van der Waals surface area (Å²) in [6.45, 7) is 3.50. The maximum absolute atomic E-state index is 13.6. The van der Waals surface area contributed by atoms with E-state index >= 15 is 0 Å². The molecule has 0 fully saturated rings. The van der Waals surface area contributed by atoms with Gasteiger partial charge in [-0.15, -0.1) is 0 Å². The number of carbonyl (C=O) groups is 1. The molecule has 20 heavy (non-hydrogen) atoms. The molecular formula is C12H15ClFNO4S. The van der Waals surface area contributed by atoms with Gasteiger partial charge in [0, 0.05) is 0 Å². The summed E-state index contributed by atoms with van der Waals surface area (Å²) in [5, 5.41) is 8.72. The van der Waals surface area contributed by atoms with Crippen molar-refractivity contribution in [3.8, 4) is 0 Å². The zero-order valence-electron chi connectivity index (χ0n) is 10.9. The average Bonchev–Trinajstić information content (AvgIpc) is 2.26. The molecule has 0 aliphatic rings. The van der Waals surface area contributed by atoms with E-state index in [0.717, 1.165) is 6.07 Å². The third-order valence-corrected chi connectivity index (χ3v) is 4.46. The topological polar surface area (TPSA) is 83.5 Å². The van der Waals surface area contributed by atoms with E-state index in [4.69, 9.17) is 16.7 Å². The Labute approximate surface area is 121 Å². The van der Waals surface area contributed by atoms with E-state index < -0.39 is 32.7 Å². The zero-order valence-corrected chi connectivity index (χ0v) is 12.5. The van der Waals surface area contributed by atoms with Crippen molar-refractivity contribution in [1.82, 2.24) is 4.72 Å². The molecule has 2 N–H and O–H groups in total. The van der Waals surface area contributed by atoms with Crippen molar-refractivity contribution in [1.29, 1.82) is 0 Å². The van der Waals surface area contributed by atoms with Gasteiger partial charge in [0.15, 0.2) is 0 Å². The highest BCUT2D eigenvalue weighted by Gasteiger charge is 2.29. The first-order chi connectivity index (χ1) is 9.15. The Hall–Kier alpha value is -1.18. The van der Waals surface area contributed by atoms with Gasteiger partial charge in [-0.3, -0.25) is 4.79 Å². The summed E-state index contributed by atoms with van der Waals surface area (Å²) in [6, 6.07) is 2.09. The molecule has 112 valence electrons. The van der Waals surface area contributed by atoms with Crippen molar-refractivity contribution >= 4 is 27.6 Å². The number of hydrogen-bond donors (Lipinski definition) is 2. The molecule has 8 heteroatoms. The van der Waals surface area contributed by atoms with Crippen molar-refractivity contribution in [2.75, 3.05) is 0 Å². The smallest absolute Gasteiger partial charge is 0.321 e. The Balaban J connectivity index is 3.13. The number of aliphatic carboxylic acids is 1. The summed E-state index contributed by atoms with van der Waals surface area (Å²) < 4.78 is 39.7. The number of hydrogen-bond acceptors (Lipinski definition) is 3. The molecule has 1 rings (SSSR count).